The number of nitrogens with one attached hydrogen (secondary N) is 2. The maximum absolute atomic E-state index is 12.4. The van der Waals surface area contributed by atoms with Crippen molar-refractivity contribution in [2.45, 2.75) is 25.8 Å². The summed E-state index contributed by atoms with van der Waals surface area (Å²) in [6.45, 7) is 0.689. The van der Waals surface area contributed by atoms with Gasteiger partial charge < -0.3 is 24.7 Å². The van der Waals surface area contributed by atoms with Crippen molar-refractivity contribution in [1.29, 1.82) is 0 Å². The number of nitrogens with zero attached hydrogens (tertiary/aromatic N) is 2. The van der Waals surface area contributed by atoms with Gasteiger partial charge in [-0.15, -0.1) is 0 Å². The van der Waals surface area contributed by atoms with E-state index >= 15 is 0 Å². The van der Waals surface area contributed by atoms with Gasteiger partial charge in [-0.25, -0.2) is 4.98 Å². The average molecular weight is 422 g/mol. The van der Waals surface area contributed by atoms with E-state index in [4.69, 9.17) is 9.47 Å². The molecule has 8 nitrogen and oxygen atoms in total. The first kappa shape index (κ1) is 20.7. The highest BCUT2D eigenvalue weighted by molar-refractivity contribution is 5.95. The number of methoxy groups -OCH3 is 2. The lowest BCUT2D eigenvalue weighted by Crippen LogP contribution is -2.29. The molecule has 3 aromatic rings. The van der Waals surface area contributed by atoms with E-state index in [0.717, 1.165) is 35.1 Å². The van der Waals surface area contributed by atoms with Crippen LogP contribution in [-0.2, 0) is 22.6 Å². The molecule has 162 valence electrons. The van der Waals surface area contributed by atoms with E-state index in [1.54, 1.807) is 25.1 Å². The molecule has 1 fully saturated rings. The molecule has 0 radical (unpaired) electrons. The summed E-state index contributed by atoms with van der Waals surface area (Å²) in [5.74, 6) is 1.47. The second-order valence-electron chi connectivity index (χ2n) is 7.63. The Morgan fingerprint density at radius 1 is 1.10 bits per heavy atom. The summed E-state index contributed by atoms with van der Waals surface area (Å²) in [7, 11) is 3.20. The van der Waals surface area contributed by atoms with Crippen molar-refractivity contribution in [3.8, 4) is 11.5 Å². The minimum atomic E-state index is -0.0918. The average Bonchev–Trinajstić information content (AvgIpc) is 3.56. The van der Waals surface area contributed by atoms with E-state index in [0.29, 0.717) is 24.5 Å². The van der Waals surface area contributed by atoms with E-state index in [-0.39, 0.29) is 24.3 Å². The lowest BCUT2D eigenvalue weighted by atomic mass is 10.1. The number of ether oxygens (including phenoxy) is 2. The van der Waals surface area contributed by atoms with Crippen molar-refractivity contribution in [3.63, 3.8) is 0 Å². The molecule has 1 aliphatic rings. The maximum Gasteiger partial charge on any atom is 0.240 e. The van der Waals surface area contributed by atoms with Gasteiger partial charge in [-0.3, -0.25) is 9.59 Å². The molecule has 2 amide bonds. The Balaban J connectivity index is 1.31. The highest BCUT2D eigenvalue weighted by atomic mass is 16.5. The summed E-state index contributed by atoms with van der Waals surface area (Å²) in [5.41, 5.74) is 3.37. The number of carbonyl (C=O) groups excluding carboxylic acids is 2. The fraction of sp³-hybridized carbons (Fsp3) is 0.348. The van der Waals surface area contributed by atoms with Crippen LogP contribution in [0, 0.1) is 5.92 Å². The number of amides is 2. The van der Waals surface area contributed by atoms with Crippen molar-refractivity contribution in [2.24, 2.45) is 5.92 Å². The zero-order valence-corrected chi connectivity index (χ0v) is 17.7. The number of anilines is 1. The van der Waals surface area contributed by atoms with Gasteiger partial charge in [-0.2, -0.15) is 0 Å². The summed E-state index contributed by atoms with van der Waals surface area (Å²) in [5, 5.41) is 5.86. The molecule has 2 aromatic carbocycles. The van der Waals surface area contributed by atoms with E-state index in [9.17, 15) is 9.59 Å². The molecule has 1 heterocycles. The predicted molar refractivity (Wildman–Crippen MR) is 117 cm³/mol. The first-order valence-electron chi connectivity index (χ1n) is 10.3. The van der Waals surface area contributed by atoms with Crippen molar-refractivity contribution in [3.05, 3.63) is 48.3 Å². The van der Waals surface area contributed by atoms with Crippen LogP contribution in [0.15, 0.2) is 42.7 Å². The van der Waals surface area contributed by atoms with E-state index < -0.39 is 0 Å². The van der Waals surface area contributed by atoms with Crippen LogP contribution in [0.1, 0.15) is 18.4 Å². The van der Waals surface area contributed by atoms with Gasteiger partial charge in [0.25, 0.3) is 0 Å². The molecule has 2 N–H and O–H groups in total. The minimum absolute atomic E-state index is 0.0626. The lowest BCUT2D eigenvalue weighted by molar-refractivity contribution is -0.121. The predicted octanol–water partition coefficient (Wildman–Crippen LogP) is 2.76. The number of carbonyl (C=O) groups is 2. The molecule has 0 spiro atoms. The summed E-state index contributed by atoms with van der Waals surface area (Å²) in [6, 6.07) is 11.3. The van der Waals surface area contributed by atoms with Gasteiger partial charge in [0.15, 0.2) is 11.5 Å². The molecule has 1 saturated carbocycles. The number of aromatic nitrogens is 2. The zero-order valence-electron chi connectivity index (χ0n) is 17.7. The number of imidazole rings is 1. The van der Waals surface area contributed by atoms with Gasteiger partial charge in [-0.05, 0) is 55.2 Å². The van der Waals surface area contributed by atoms with E-state index in [2.05, 4.69) is 15.6 Å². The number of benzene rings is 2. The SMILES string of the molecule is COc1ccc(CCNC(=O)Cn2cnc3cc(NC(=O)C4CC4)ccc32)cc1OC. The van der Waals surface area contributed by atoms with Crippen molar-refractivity contribution >= 4 is 28.5 Å². The summed E-state index contributed by atoms with van der Waals surface area (Å²) < 4.78 is 12.4. The number of rotatable bonds is 9. The second-order valence-corrected chi connectivity index (χ2v) is 7.63. The van der Waals surface area contributed by atoms with Crippen LogP contribution in [-0.4, -0.2) is 42.1 Å². The van der Waals surface area contributed by atoms with Crippen LogP contribution >= 0.6 is 0 Å². The first-order chi connectivity index (χ1) is 15.1. The normalized spacial score (nSPS) is 13.1. The molecule has 0 bridgehead atoms. The Morgan fingerprint density at radius 2 is 1.90 bits per heavy atom. The molecular weight excluding hydrogens is 396 g/mol. The van der Waals surface area contributed by atoms with Crippen LogP contribution in [0.4, 0.5) is 5.69 Å². The van der Waals surface area contributed by atoms with Gasteiger partial charge in [0.1, 0.15) is 6.54 Å². The highest BCUT2D eigenvalue weighted by Gasteiger charge is 2.29. The minimum Gasteiger partial charge on any atom is -0.493 e. The Morgan fingerprint density at radius 3 is 2.65 bits per heavy atom. The molecular formula is C23H26N4O4. The van der Waals surface area contributed by atoms with Gasteiger partial charge >= 0.3 is 0 Å². The van der Waals surface area contributed by atoms with Crippen molar-refractivity contribution in [1.82, 2.24) is 14.9 Å². The Labute approximate surface area is 180 Å². The largest absolute Gasteiger partial charge is 0.493 e. The highest BCUT2D eigenvalue weighted by Crippen LogP contribution is 2.30. The van der Waals surface area contributed by atoms with Crippen LogP contribution < -0.4 is 20.1 Å². The molecule has 0 saturated heterocycles. The molecule has 8 heteroatoms. The molecule has 1 aromatic heterocycles. The fourth-order valence-electron chi connectivity index (χ4n) is 3.45. The third-order valence-electron chi connectivity index (χ3n) is 5.33. The van der Waals surface area contributed by atoms with E-state index in [1.165, 1.54) is 0 Å². The lowest BCUT2D eigenvalue weighted by Gasteiger charge is -2.10. The molecule has 0 aliphatic heterocycles. The number of fused-ring (bicyclic) bond motifs is 1. The standard InChI is InChI=1S/C23H26N4O4/c1-30-20-8-3-15(11-21(20)31-2)9-10-24-22(28)13-27-14-25-18-12-17(6-7-19(18)27)26-23(29)16-4-5-16/h3,6-8,11-12,14,16H,4-5,9-10,13H2,1-2H3,(H,24,28)(H,26,29). The topological polar surface area (TPSA) is 94.5 Å². The second kappa shape index (κ2) is 9.07. The summed E-state index contributed by atoms with van der Waals surface area (Å²) in [6.07, 6.45) is 4.25. The maximum atomic E-state index is 12.4. The van der Waals surface area contributed by atoms with Crippen LogP contribution in [0.25, 0.3) is 11.0 Å². The molecule has 1 aliphatic carbocycles. The molecule has 0 atom stereocenters. The third-order valence-corrected chi connectivity index (χ3v) is 5.33. The quantitative estimate of drug-likeness (QED) is 0.553. The smallest absolute Gasteiger partial charge is 0.240 e. The van der Waals surface area contributed by atoms with Crippen molar-refractivity contribution < 1.29 is 19.1 Å². The molecule has 31 heavy (non-hydrogen) atoms. The van der Waals surface area contributed by atoms with Gasteiger partial charge in [-0.1, -0.05) is 6.07 Å². The molecule has 4 rings (SSSR count). The summed E-state index contributed by atoms with van der Waals surface area (Å²) >= 11 is 0. The van der Waals surface area contributed by atoms with Gasteiger partial charge in [0.05, 0.1) is 31.6 Å². The summed E-state index contributed by atoms with van der Waals surface area (Å²) in [4.78, 5) is 28.7. The fourth-order valence-corrected chi connectivity index (χ4v) is 3.45. The van der Waals surface area contributed by atoms with Crippen LogP contribution in [0.2, 0.25) is 0 Å². The Bertz CT molecular complexity index is 1100. The van der Waals surface area contributed by atoms with Crippen molar-refractivity contribution in [2.75, 3.05) is 26.1 Å². The number of hydrogen-bond donors (Lipinski definition) is 2. The first-order valence-corrected chi connectivity index (χ1v) is 10.3. The van der Waals surface area contributed by atoms with Gasteiger partial charge in [0.2, 0.25) is 11.8 Å². The van der Waals surface area contributed by atoms with Gasteiger partial charge in [0, 0.05) is 18.2 Å². The zero-order chi connectivity index (χ0) is 21.8. The third kappa shape index (κ3) is 4.96. The Hall–Kier alpha value is -3.55. The van der Waals surface area contributed by atoms with E-state index in [1.807, 2.05) is 36.4 Å². The molecule has 0 unspecified atom stereocenters. The van der Waals surface area contributed by atoms with Crippen LogP contribution in [0.5, 0.6) is 11.5 Å². The number of hydrogen-bond acceptors (Lipinski definition) is 5. The monoisotopic (exact) mass is 422 g/mol. The Kier molecular flexibility index (Phi) is 6.06. The van der Waals surface area contributed by atoms with Crippen LogP contribution in [0.3, 0.4) is 0 Å².